The summed E-state index contributed by atoms with van der Waals surface area (Å²) in [6.07, 6.45) is 11.2. The summed E-state index contributed by atoms with van der Waals surface area (Å²) in [6.45, 7) is 14.5. The summed E-state index contributed by atoms with van der Waals surface area (Å²) in [7, 11) is 0. The topological polar surface area (TPSA) is 42.5 Å². The van der Waals surface area contributed by atoms with Crippen molar-refractivity contribution in [1.29, 1.82) is 0 Å². The quantitative estimate of drug-likeness (QED) is 0.310. The minimum absolute atomic E-state index is 0.0559. The third-order valence-corrected chi connectivity index (χ3v) is 8.25. The average Bonchev–Trinajstić information content (AvgIpc) is 2.94. The summed E-state index contributed by atoms with van der Waals surface area (Å²) in [5.74, 6) is 1.78. The van der Waals surface area contributed by atoms with Crippen LogP contribution in [0.2, 0.25) is 0 Å². The lowest BCUT2D eigenvalue weighted by Gasteiger charge is -2.37. The molecule has 4 heteroatoms. The molecule has 0 bridgehead atoms. The third-order valence-electron chi connectivity index (χ3n) is 8.25. The van der Waals surface area contributed by atoms with Crippen LogP contribution in [0.5, 0.6) is 11.5 Å². The van der Waals surface area contributed by atoms with Gasteiger partial charge in [0.05, 0.1) is 11.1 Å². The van der Waals surface area contributed by atoms with Gasteiger partial charge in [0, 0.05) is 22.5 Å². The van der Waals surface area contributed by atoms with E-state index in [0.717, 1.165) is 50.0 Å². The molecule has 2 aliphatic heterocycles. The van der Waals surface area contributed by atoms with Crippen LogP contribution in [0.3, 0.4) is 0 Å². The standard InChI is InChI=1S/C32H44N2O2/c1-7-23-21-31(9-3,10-4)33-29-15-13-25(19-27(23)29)35-17-18-36-26-14-16-30-28(20-26)24(8-2)22-32(11-5,12-6)34-30/h13-16,19-22,33-34H,7-12,17-18H2,1-6H3. The smallest absolute Gasteiger partial charge is 0.122 e. The van der Waals surface area contributed by atoms with Gasteiger partial charge in [-0.3, -0.25) is 0 Å². The second-order valence-electron chi connectivity index (χ2n) is 10.1. The highest BCUT2D eigenvalue weighted by atomic mass is 16.5. The first-order chi connectivity index (χ1) is 17.4. The molecular formula is C32H44N2O2. The van der Waals surface area contributed by atoms with E-state index in [0.29, 0.717) is 13.2 Å². The maximum Gasteiger partial charge on any atom is 0.122 e. The molecule has 0 aromatic heterocycles. The molecule has 0 atom stereocenters. The van der Waals surface area contributed by atoms with Crippen molar-refractivity contribution in [2.75, 3.05) is 23.8 Å². The SMILES string of the molecule is CCC1=CC(CC)(CC)Nc2ccc(OCCOc3ccc4c(c3)C(CC)=CC(CC)(CC)N4)cc21. The molecule has 2 aromatic rings. The number of anilines is 2. The van der Waals surface area contributed by atoms with Crippen LogP contribution in [0.15, 0.2) is 48.6 Å². The molecule has 194 valence electrons. The maximum atomic E-state index is 6.10. The first kappa shape index (κ1) is 26.2. The summed E-state index contributed by atoms with van der Waals surface area (Å²) in [5, 5.41) is 7.54. The van der Waals surface area contributed by atoms with Gasteiger partial charge in [-0.05, 0) is 86.1 Å². The number of ether oxygens (including phenoxy) is 2. The highest BCUT2D eigenvalue weighted by Crippen LogP contribution is 2.41. The van der Waals surface area contributed by atoms with E-state index in [2.05, 4.69) is 101 Å². The Balaban J connectivity index is 1.39. The monoisotopic (exact) mass is 488 g/mol. The molecule has 2 heterocycles. The molecular weight excluding hydrogens is 444 g/mol. The van der Waals surface area contributed by atoms with E-state index < -0.39 is 0 Å². The van der Waals surface area contributed by atoms with Crippen molar-refractivity contribution in [3.05, 3.63) is 59.7 Å². The summed E-state index contributed by atoms with van der Waals surface area (Å²) < 4.78 is 12.2. The molecule has 2 aromatic carbocycles. The van der Waals surface area contributed by atoms with Crippen LogP contribution in [-0.2, 0) is 0 Å². The number of allylic oxidation sites excluding steroid dienone is 2. The Bertz CT molecular complexity index is 1030. The van der Waals surface area contributed by atoms with Gasteiger partial charge in [-0.2, -0.15) is 0 Å². The molecule has 0 unspecified atom stereocenters. The van der Waals surface area contributed by atoms with E-state index in [1.807, 2.05) is 0 Å². The third kappa shape index (κ3) is 5.14. The lowest BCUT2D eigenvalue weighted by atomic mass is 9.83. The molecule has 4 rings (SSSR count). The van der Waals surface area contributed by atoms with Crippen LogP contribution < -0.4 is 20.1 Å². The molecule has 0 spiro atoms. The molecule has 0 saturated carbocycles. The van der Waals surface area contributed by atoms with Crippen molar-refractivity contribution < 1.29 is 9.47 Å². The van der Waals surface area contributed by atoms with Crippen LogP contribution >= 0.6 is 0 Å². The van der Waals surface area contributed by atoms with Gasteiger partial charge in [-0.25, -0.2) is 0 Å². The van der Waals surface area contributed by atoms with E-state index in [4.69, 9.17) is 9.47 Å². The van der Waals surface area contributed by atoms with Gasteiger partial charge >= 0.3 is 0 Å². The van der Waals surface area contributed by atoms with Crippen molar-refractivity contribution in [3.63, 3.8) is 0 Å². The Kier molecular flexibility index (Phi) is 8.02. The fourth-order valence-electron chi connectivity index (χ4n) is 5.57. The molecule has 0 saturated heterocycles. The molecule has 0 fully saturated rings. The lowest BCUT2D eigenvalue weighted by molar-refractivity contribution is 0.217. The molecule has 2 N–H and O–H groups in total. The molecule has 0 radical (unpaired) electrons. The fourth-order valence-corrected chi connectivity index (χ4v) is 5.57. The zero-order valence-electron chi connectivity index (χ0n) is 23.1. The van der Waals surface area contributed by atoms with Gasteiger partial charge in [0.1, 0.15) is 24.7 Å². The van der Waals surface area contributed by atoms with Crippen LogP contribution in [0.25, 0.3) is 11.1 Å². The van der Waals surface area contributed by atoms with Gasteiger partial charge in [0.15, 0.2) is 0 Å². The number of nitrogens with one attached hydrogen (secondary N) is 2. The maximum absolute atomic E-state index is 6.10. The number of hydrogen-bond acceptors (Lipinski definition) is 4. The Hall–Kier alpha value is -2.88. The zero-order valence-corrected chi connectivity index (χ0v) is 23.1. The van der Waals surface area contributed by atoms with Crippen molar-refractivity contribution in [2.24, 2.45) is 0 Å². The molecule has 0 amide bonds. The molecule has 36 heavy (non-hydrogen) atoms. The minimum atomic E-state index is 0.0559. The zero-order chi connectivity index (χ0) is 25.8. The fraction of sp³-hybridized carbons (Fsp3) is 0.500. The van der Waals surface area contributed by atoms with E-state index in [-0.39, 0.29) is 11.1 Å². The Labute approximate surface area is 218 Å². The molecule has 4 nitrogen and oxygen atoms in total. The van der Waals surface area contributed by atoms with Gasteiger partial charge in [-0.1, -0.05) is 53.7 Å². The highest BCUT2D eigenvalue weighted by molar-refractivity contribution is 5.83. The van der Waals surface area contributed by atoms with Crippen molar-refractivity contribution in [2.45, 2.75) is 91.1 Å². The first-order valence-corrected chi connectivity index (χ1v) is 14.0. The number of benzene rings is 2. The van der Waals surface area contributed by atoms with E-state index in [9.17, 15) is 0 Å². The Morgan fingerprint density at radius 1 is 0.583 bits per heavy atom. The van der Waals surface area contributed by atoms with Gasteiger partial charge in [-0.15, -0.1) is 0 Å². The first-order valence-electron chi connectivity index (χ1n) is 14.0. The van der Waals surface area contributed by atoms with Crippen LogP contribution in [-0.4, -0.2) is 24.3 Å². The summed E-state index contributed by atoms with van der Waals surface area (Å²) in [5.41, 5.74) is 7.83. The summed E-state index contributed by atoms with van der Waals surface area (Å²) in [6, 6.07) is 12.8. The van der Waals surface area contributed by atoms with Crippen LogP contribution in [0.4, 0.5) is 11.4 Å². The van der Waals surface area contributed by atoms with E-state index >= 15 is 0 Å². The number of fused-ring (bicyclic) bond motifs is 2. The average molecular weight is 489 g/mol. The van der Waals surface area contributed by atoms with Crippen molar-refractivity contribution in [1.82, 2.24) is 0 Å². The normalized spacial score (nSPS) is 17.1. The largest absolute Gasteiger partial charge is 0.490 e. The highest BCUT2D eigenvalue weighted by Gasteiger charge is 2.30. The van der Waals surface area contributed by atoms with Crippen LogP contribution in [0, 0.1) is 0 Å². The lowest BCUT2D eigenvalue weighted by Crippen LogP contribution is -2.37. The van der Waals surface area contributed by atoms with Crippen molar-refractivity contribution >= 4 is 22.5 Å². The number of rotatable bonds is 11. The van der Waals surface area contributed by atoms with Crippen molar-refractivity contribution in [3.8, 4) is 11.5 Å². The predicted octanol–water partition coefficient (Wildman–Crippen LogP) is 8.70. The Morgan fingerprint density at radius 2 is 0.972 bits per heavy atom. The Morgan fingerprint density at radius 3 is 1.31 bits per heavy atom. The second-order valence-corrected chi connectivity index (χ2v) is 10.1. The predicted molar refractivity (Wildman–Crippen MR) is 154 cm³/mol. The van der Waals surface area contributed by atoms with Gasteiger partial charge in [0.2, 0.25) is 0 Å². The van der Waals surface area contributed by atoms with Gasteiger partial charge < -0.3 is 20.1 Å². The summed E-state index contributed by atoms with van der Waals surface area (Å²) >= 11 is 0. The van der Waals surface area contributed by atoms with Gasteiger partial charge in [0.25, 0.3) is 0 Å². The molecule has 0 aliphatic carbocycles. The minimum Gasteiger partial charge on any atom is -0.490 e. The van der Waals surface area contributed by atoms with Crippen LogP contribution in [0.1, 0.15) is 91.2 Å². The van der Waals surface area contributed by atoms with E-state index in [1.165, 1.54) is 33.6 Å². The second kappa shape index (κ2) is 11.0. The molecule has 2 aliphatic rings. The van der Waals surface area contributed by atoms with E-state index in [1.54, 1.807) is 0 Å². The summed E-state index contributed by atoms with van der Waals surface area (Å²) in [4.78, 5) is 0. The number of hydrogen-bond donors (Lipinski definition) is 2.